The van der Waals surface area contributed by atoms with Crippen molar-refractivity contribution < 1.29 is 9.53 Å². The van der Waals surface area contributed by atoms with Crippen LogP contribution in [0.5, 0.6) is 0 Å². The van der Waals surface area contributed by atoms with E-state index < -0.39 is 0 Å². The van der Waals surface area contributed by atoms with Crippen molar-refractivity contribution >= 4 is 18.1 Å². The minimum Gasteiger partial charge on any atom is -0.380 e. The Hall–Kier alpha value is -2.54. The average molecular weight is 301 g/mol. The number of rotatable bonds is 8. The van der Waals surface area contributed by atoms with Crippen LogP contribution in [-0.2, 0) is 16.1 Å². The molecule has 1 N–H and O–H groups in total. The van der Waals surface area contributed by atoms with Gasteiger partial charge in [0.1, 0.15) is 6.54 Å². The van der Waals surface area contributed by atoms with Crippen molar-refractivity contribution in [3.8, 4) is 0 Å². The van der Waals surface area contributed by atoms with Gasteiger partial charge in [-0.3, -0.25) is 4.79 Å². The van der Waals surface area contributed by atoms with Gasteiger partial charge in [0.2, 0.25) is 5.91 Å². The van der Waals surface area contributed by atoms with Crippen molar-refractivity contribution in [3.63, 3.8) is 0 Å². The molecule has 2 rings (SSSR count). The second-order valence-corrected chi connectivity index (χ2v) is 4.49. The second-order valence-electron chi connectivity index (χ2n) is 4.49. The SMILES string of the molecule is CCOCCNC(=O)Cn1nnnc1/C=C/c1ccccc1. The largest absolute Gasteiger partial charge is 0.380 e. The summed E-state index contributed by atoms with van der Waals surface area (Å²) in [6, 6.07) is 9.81. The van der Waals surface area contributed by atoms with Crippen LogP contribution in [0.1, 0.15) is 18.3 Å². The first-order valence-corrected chi connectivity index (χ1v) is 7.13. The van der Waals surface area contributed by atoms with Crippen molar-refractivity contribution in [3.05, 3.63) is 41.7 Å². The number of carbonyl (C=O) groups is 1. The van der Waals surface area contributed by atoms with E-state index >= 15 is 0 Å². The zero-order valence-corrected chi connectivity index (χ0v) is 12.5. The number of aromatic nitrogens is 4. The Balaban J connectivity index is 1.89. The predicted octanol–water partition coefficient (Wildman–Crippen LogP) is 0.996. The molecule has 0 bridgehead atoms. The number of tetrazole rings is 1. The molecule has 0 saturated carbocycles. The van der Waals surface area contributed by atoms with Crippen LogP contribution in [0.15, 0.2) is 30.3 Å². The maximum absolute atomic E-state index is 11.8. The van der Waals surface area contributed by atoms with Gasteiger partial charge < -0.3 is 10.1 Å². The van der Waals surface area contributed by atoms with Gasteiger partial charge in [0, 0.05) is 13.2 Å². The summed E-state index contributed by atoms with van der Waals surface area (Å²) >= 11 is 0. The highest BCUT2D eigenvalue weighted by Crippen LogP contribution is 2.05. The third kappa shape index (κ3) is 5.10. The number of hydrogen-bond donors (Lipinski definition) is 1. The molecule has 0 aliphatic rings. The van der Waals surface area contributed by atoms with E-state index in [9.17, 15) is 4.79 Å². The van der Waals surface area contributed by atoms with Crippen LogP contribution in [0, 0.1) is 0 Å². The van der Waals surface area contributed by atoms with E-state index in [1.165, 1.54) is 4.68 Å². The fourth-order valence-corrected chi connectivity index (χ4v) is 1.78. The van der Waals surface area contributed by atoms with Gasteiger partial charge in [0.15, 0.2) is 5.82 Å². The topological polar surface area (TPSA) is 81.9 Å². The van der Waals surface area contributed by atoms with E-state index in [1.54, 1.807) is 6.08 Å². The highest BCUT2D eigenvalue weighted by atomic mass is 16.5. The first kappa shape index (κ1) is 15.8. The lowest BCUT2D eigenvalue weighted by Crippen LogP contribution is -2.31. The van der Waals surface area contributed by atoms with Crippen molar-refractivity contribution in [2.45, 2.75) is 13.5 Å². The van der Waals surface area contributed by atoms with Crippen LogP contribution in [0.4, 0.5) is 0 Å². The Kier molecular flexibility index (Phi) is 6.25. The van der Waals surface area contributed by atoms with Gasteiger partial charge >= 0.3 is 0 Å². The normalized spacial score (nSPS) is 11.0. The molecule has 1 aromatic heterocycles. The molecular weight excluding hydrogens is 282 g/mol. The lowest BCUT2D eigenvalue weighted by molar-refractivity contribution is -0.122. The molecule has 116 valence electrons. The van der Waals surface area contributed by atoms with Crippen molar-refractivity contribution in [1.82, 2.24) is 25.5 Å². The van der Waals surface area contributed by atoms with Crippen LogP contribution < -0.4 is 5.32 Å². The zero-order valence-electron chi connectivity index (χ0n) is 12.5. The van der Waals surface area contributed by atoms with Gasteiger partial charge in [0.25, 0.3) is 0 Å². The molecule has 7 nitrogen and oxygen atoms in total. The summed E-state index contributed by atoms with van der Waals surface area (Å²) in [6.07, 6.45) is 3.68. The molecule has 0 saturated heterocycles. The van der Waals surface area contributed by atoms with Crippen LogP contribution >= 0.6 is 0 Å². The highest BCUT2D eigenvalue weighted by Gasteiger charge is 2.07. The highest BCUT2D eigenvalue weighted by molar-refractivity contribution is 5.76. The van der Waals surface area contributed by atoms with Gasteiger partial charge in [-0.1, -0.05) is 36.4 Å². The Morgan fingerprint density at radius 3 is 2.91 bits per heavy atom. The Morgan fingerprint density at radius 2 is 2.14 bits per heavy atom. The number of nitrogens with zero attached hydrogens (tertiary/aromatic N) is 4. The minimum atomic E-state index is -0.152. The fraction of sp³-hybridized carbons (Fsp3) is 0.333. The third-order valence-electron chi connectivity index (χ3n) is 2.85. The van der Waals surface area contributed by atoms with Gasteiger partial charge in [-0.15, -0.1) is 5.10 Å². The molecule has 0 radical (unpaired) electrons. The average Bonchev–Trinajstić information content (AvgIpc) is 2.98. The lowest BCUT2D eigenvalue weighted by atomic mass is 10.2. The number of benzene rings is 1. The summed E-state index contributed by atoms with van der Waals surface area (Å²) in [4.78, 5) is 11.8. The number of nitrogens with one attached hydrogen (secondary N) is 1. The lowest BCUT2D eigenvalue weighted by Gasteiger charge is -2.05. The summed E-state index contributed by atoms with van der Waals surface area (Å²) in [6.45, 7) is 3.60. The molecule has 0 unspecified atom stereocenters. The molecule has 7 heteroatoms. The molecule has 0 fully saturated rings. The molecule has 0 aliphatic carbocycles. The smallest absolute Gasteiger partial charge is 0.241 e. The summed E-state index contributed by atoms with van der Waals surface area (Å²) in [5.41, 5.74) is 1.04. The quantitative estimate of drug-likeness (QED) is 0.735. The van der Waals surface area contributed by atoms with Crippen LogP contribution in [0.2, 0.25) is 0 Å². The summed E-state index contributed by atoms with van der Waals surface area (Å²) in [5, 5.41) is 14.1. The van der Waals surface area contributed by atoms with Crippen LogP contribution in [0.25, 0.3) is 12.2 Å². The zero-order chi connectivity index (χ0) is 15.6. The maximum atomic E-state index is 11.8. The van der Waals surface area contributed by atoms with Crippen LogP contribution in [0.3, 0.4) is 0 Å². The van der Waals surface area contributed by atoms with Gasteiger partial charge in [-0.2, -0.15) is 0 Å². The number of amides is 1. The Bertz CT molecular complexity index is 609. The second kappa shape index (κ2) is 8.68. The summed E-state index contributed by atoms with van der Waals surface area (Å²) in [7, 11) is 0. The van der Waals surface area contributed by atoms with E-state index in [-0.39, 0.29) is 12.5 Å². The number of carbonyl (C=O) groups excluding carboxylic acids is 1. The minimum absolute atomic E-state index is 0.0770. The standard InChI is InChI=1S/C15H19N5O2/c1-2-22-11-10-16-15(21)12-20-14(17-18-19-20)9-8-13-6-4-3-5-7-13/h3-9H,2,10-12H2,1H3,(H,16,21)/b9-8+. The monoisotopic (exact) mass is 301 g/mol. The molecule has 1 amide bonds. The summed E-state index contributed by atoms with van der Waals surface area (Å²) < 4.78 is 6.61. The first-order valence-electron chi connectivity index (χ1n) is 7.13. The van der Waals surface area contributed by atoms with Crippen molar-refractivity contribution in [1.29, 1.82) is 0 Å². The number of ether oxygens (including phenoxy) is 1. The van der Waals surface area contributed by atoms with Crippen molar-refractivity contribution in [2.75, 3.05) is 19.8 Å². The molecular formula is C15H19N5O2. The van der Waals surface area contributed by atoms with Gasteiger partial charge in [0.05, 0.1) is 6.61 Å². The Morgan fingerprint density at radius 1 is 1.32 bits per heavy atom. The molecule has 2 aromatic rings. The maximum Gasteiger partial charge on any atom is 0.241 e. The van der Waals surface area contributed by atoms with E-state index in [1.807, 2.05) is 43.3 Å². The molecule has 1 aromatic carbocycles. The summed E-state index contributed by atoms with van der Waals surface area (Å²) in [5.74, 6) is 0.380. The van der Waals surface area contributed by atoms with Gasteiger partial charge in [-0.25, -0.2) is 4.68 Å². The van der Waals surface area contributed by atoms with E-state index in [0.29, 0.717) is 25.6 Å². The van der Waals surface area contributed by atoms with Crippen LogP contribution in [-0.4, -0.2) is 45.9 Å². The van der Waals surface area contributed by atoms with E-state index in [4.69, 9.17) is 4.74 Å². The fourth-order valence-electron chi connectivity index (χ4n) is 1.78. The first-order chi connectivity index (χ1) is 10.8. The molecule has 22 heavy (non-hydrogen) atoms. The van der Waals surface area contributed by atoms with Gasteiger partial charge in [-0.05, 0) is 29.0 Å². The third-order valence-corrected chi connectivity index (χ3v) is 2.85. The Labute approximate surface area is 129 Å². The molecule has 0 spiro atoms. The van der Waals surface area contributed by atoms with Crippen molar-refractivity contribution in [2.24, 2.45) is 0 Å². The molecule has 0 aliphatic heterocycles. The number of hydrogen-bond acceptors (Lipinski definition) is 5. The predicted molar refractivity (Wildman–Crippen MR) is 82.7 cm³/mol. The van der Waals surface area contributed by atoms with E-state index in [2.05, 4.69) is 20.8 Å². The molecule has 0 atom stereocenters. The molecule has 1 heterocycles. The van der Waals surface area contributed by atoms with E-state index in [0.717, 1.165) is 5.56 Å².